The smallest absolute Gasteiger partial charge is 0.147 e. The second-order valence-electron chi connectivity index (χ2n) is 4.19. The van der Waals surface area contributed by atoms with Crippen LogP contribution in [0.1, 0.15) is 5.56 Å². The number of carbonyl (C=O) groups is 1. The zero-order valence-electron chi connectivity index (χ0n) is 10.4. The summed E-state index contributed by atoms with van der Waals surface area (Å²) in [6.45, 7) is 0. The standard InChI is InChI=1S/C15H11BrCl2OS/c16-11-1-4-14(5-2-11)20-9-13(19)8-10-7-12(17)3-6-15(10)18/h1-7H,8-9H2. The molecule has 0 N–H and O–H groups in total. The number of carbonyl (C=O) groups excluding carboxylic acids is 1. The van der Waals surface area contributed by atoms with Gasteiger partial charge in [0.15, 0.2) is 0 Å². The van der Waals surface area contributed by atoms with Gasteiger partial charge in [-0.15, -0.1) is 11.8 Å². The summed E-state index contributed by atoms with van der Waals surface area (Å²) in [5.41, 5.74) is 0.778. The van der Waals surface area contributed by atoms with Crippen molar-refractivity contribution in [2.45, 2.75) is 11.3 Å². The molecule has 2 aromatic rings. The van der Waals surface area contributed by atoms with E-state index in [1.54, 1.807) is 18.2 Å². The van der Waals surface area contributed by atoms with Crippen molar-refractivity contribution in [3.63, 3.8) is 0 Å². The average molecular weight is 390 g/mol. The number of halogens is 3. The third-order valence-corrected chi connectivity index (χ3v) is 4.81. The molecule has 0 saturated heterocycles. The van der Waals surface area contributed by atoms with Crippen LogP contribution in [-0.4, -0.2) is 11.5 Å². The fourth-order valence-corrected chi connectivity index (χ4v) is 3.04. The molecule has 0 aliphatic carbocycles. The first-order valence-electron chi connectivity index (χ1n) is 5.88. The molecule has 0 amide bonds. The lowest BCUT2D eigenvalue weighted by Crippen LogP contribution is -2.06. The molecule has 0 atom stereocenters. The van der Waals surface area contributed by atoms with Gasteiger partial charge in [0.1, 0.15) is 5.78 Å². The number of thioether (sulfide) groups is 1. The van der Waals surface area contributed by atoms with E-state index in [1.807, 2.05) is 24.3 Å². The van der Waals surface area contributed by atoms with E-state index < -0.39 is 0 Å². The van der Waals surface area contributed by atoms with E-state index >= 15 is 0 Å². The van der Waals surface area contributed by atoms with Crippen LogP contribution in [0.15, 0.2) is 51.8 Å². The molecule has 0 aliphatic heterocycles. The highest BCUT2D eigenvalue weighted by Crippen LogP contribution is 2.24. The second-order valence-corrected chi connectivity index (χ2v) is 7.00. The highest BCUT2D eigenvalue weighted by molar-refractivity contribution is 9.10. The molecule has 0 unspecified atom stereocenters. The first-order chi connectivity index (χ1) is 9.54. The van der Waals surface area contributed by atoms with Gasteiger partial charge in [-0.25, -0.2) is 0 Å². The zero-order valence-corrected chi connectivity index (χ0v) is 14.3. The van der Waals surface area contributed by atoms with Crippen molar-refractivity contribution in [2.24, 2.45) is 0 Å². The molecule has 104 valence electrons. The van der Waals surface area contributed by atoms with Crippen LogP contribution in [0.3, 0.4) is 0 Å². The SMILES string of the molecule is O=C(CSc1ccc(Br)cc1)Cc1cc(Cl)ccc1Cl. The van der Waals surface area contributed by atoms with Crippen molar-refractivity contribution in [2.75, 3.05) is 5.75 Å². The lowest BCUT2D eigenvalue weighted by Gasteiger charge is -2.05. The maximum atomic E-state index is 12.0. The van der Waals surface area contributed by atoms with Crippen LogP contribution in [0.25, 0.3) is 0 Å². The summed E-state index contributed by atoms with van der Waals surface area (Å²) in [5, 5.41) is 1.18. The van der Waals surface area contributed by atoms with E-state index in [0.29, 0.717) is 22.2 Å². The van der Waals surface area contributed by atoms with Gasteiger partial charge in [0.2, 0.25) is 0 Å². The molecule has 1 nitrogen and oxygen atoms in total. The molecule has 2 aromatic carbocycles. The van der Waals surface area contributed by atoms with Gasteiger partial charge >= 0.3 is 0 Å². The van der Waals surface area contributed by atoms with Crippen LogP contribution >= 0.6 is 50.9 Å². The molecule has 0 aromatic heterocycles. The first-order valence-corrected chi connectivity index (χ1v) is 8.42. The van der Waals surface area contributed by atoms with Crippen LogP contribution in [0.2, 0.25) is 10.0 Å². The quantitative estimate of drug-likeness (QED) is 0.613. The Balaban J connectivity index is 1.92. The van der Waals surface area contributed by atoms with Crippen LogP contribution in [-0.2, 0) is 11.2 Å². The van der Waals surface area contributed by atoms with Gasteiger partial charge in [0.25, 0.3) is 0 Å². The number of hydrogen-bond donors (Lipinski definition) is 0. The summed E-state index contributed by atoms with van der Waals surface area (Å²) in [5.74, 6) is 0.548. The van der Waals surface area contributed by atoms with Crippen LogP contribution in [0.4, 0.5) is 0 Å². The van der Waals surface area contributed by atoms with Crippen molar-refractivity contribution < 1.29 is 4.79 Å². The summed E-state index contributed by atoms with van der Waals surface area (Å²) in [6.07, 6.45) is 0.308. The topological polar surface area (TPSA) is 17.1 Å². The van der Waals surface area contributed by atoms with E-state index in [4.69, 9.17) is 23.2 Å². The van der Waals surface area contributed by atoms with Crippen LogP contribution in [0.5, 0.6) is 0 Å². The summed E-state index contributed by atoms with van der Waals surface area (Å²) in [4.78, 5) is 13.1. The molecule has 2 rings (SSSR count). The molecule has 0 spiro atoms. The number of hydrogen-bond acceptors (Lipinski definition) is 2. The van der Waals surface area contributed by atoms with Gasteiger partial charge in [0.05, 0.1) is 5.75 Å². The van der Waals surface area contributed by atoms with Crippen molar-refractivity contribution in [3.8, 4) is 0 Å². The Kier molecular flexibility index (Phi) is 5.97. The molecular formula is C15H11BrCl2OS. The molecule has 0 fully saturated rings. The van der Waals surface area contributed by atoms with Gasteiger partial charge in [-0.3, -0.25) is 4.79 Å². The molecule has 0 aliphatic rings. The lowest BCUT2D eigenvalue weighted by atomic mass is 10.1. The molecule has 0 heterocycles. The lowest BCUT2D eigenvalue weighted by molar-refractivity contribution is -0.116. The van der Waals surface area contributed by atoms with E-state index in [0.717, 1.165) is 14.9 Å². The van der Waals surface area contributed by atoms with Gasteiger partial charge in [0, 0.05) is 25.8 Å². The normalized spacial score (nSPS) is 10.6. The minimum atomic E-state index is 0.127. The van der Waals surface area contributed by atoms with Gasteiger partial charge in [-0.05, 0) is 48.0 Å². The number of rotatable bonds is 5. The Labute approximate surface area is 140 Å². The van der Waals surface area contributed by atoms with Crippen molar-refractivity contribution in [3.05, 3.63) is 62.5 Å². The molecule has 0 bridgehead atoms. The minimum Gasteiger partial charge on any atom is -0.298 e. The third-order valence-electron chi connectivity index (χ3n) is 2.61. The van der Waals surface area contributed by atoms with E-state index in [9.17, 15) is 4.79 Å². The van der Waals surface area contributed by atoms with Crippen LogP contribution < -0.4 is 0 Å². The Morgan fingerprint density at radius 3 is 2.50 bits per heavy atom. The maximum absolute atomic E-state index is 12.0. The Hall–Kier alpha value is -0.480. The van der Waals surface area contributed by atoms with Gasteiger partial charge < -0.3 is 0 Å². The van der Waals surface area contributed by atoms with E-state index in [2.05, 4.69) is 15.9 Å². The van der Waals surface area contributed by atoms with Gasteiger partial charge in [-0.1, -0.05) is 39.1 Å². The number of benzene rings is 2. The number of ketones is 1. The largest absolute Gasteiger partial charge is 0.298 e. The molecule has 20 heavy (non-hydrogen) atoms. The molecule has 0 radical (unpaired) electrons. The Morgan fingerprint density at radius 2 is 1.80 bits per heavy atom. The van der Waals surface area contributed by atoms with Crippen LogP contribution in [0, 0.1) is 0 Å². The second kappa shape index (κ2) is 7.51. The highest BCUT2D eigenvalue weighted by atomic mass is 79.9. The summed E-state index contributed by atoms with van der Waals surface area (Å²) in [7, 11) is 0. The first kappa shape index (κ1) is 15.9. The fourth-order valence-electron chi connectivity index (χ4n) is 1.64. The van der Waals surface area contributed by atoms with E-state index in [1.165, 1.54) is 11.8 Å². The molecule has 0 saturated carbocycles. The Bertz CT molecular complexity index is 614. The van der Waals surface area contributed by atoms with Crippen molar-refractivity contribution in [1.82, 2.24) is 0 Å². The summed E-state index contributed by atoms with van der Waals surface area (Å²) in [6, 6.07) is 13.1. The summed E-state index contributed by atoms with van der Waals surface area (Å²) >= 11 is 16.9. The third kappa shape index (κ3) is 4.81. The van der Waals surface area contributed by atoms with Crippen molar-refractivity contribution >= 4 is 56.7 Å². The minimum absolute atomic E-state index is 0.127. The monoisotopic (exact) mass is 388 g/mol. The molecular weight excluding hydrogens is 379 g/mol. The fraction of sp³-hybridized carbons (Fsp3) is 0.133. The average Bonchev–Trinajstić information content (AvgIpc) is 2.42. The zero-order chi connectivity index (χ0) is 14.5. The van der Waals surface area contributed by atoms with Gasteiger partial charge in [-0.2, -0.15) is 0 Å². The number of Topliss-reactive ketones (excluding diaryl/α,β-unsaturated/α-hetero) is 1. The molecule has 5 heteroatoms. The van der Waals surface area contributed by atoms with E-state index in [-0.39, 0.29) is 5.78 Å². The highest BCUT2D eigenvalue weighted by Gasteiger charge is 2.08. The predicted octanol–water partition coefficient (Wildman–Crippen LogP) is 5.66. The summed E-state index contributed by atoms with van der Waals surface area (Å²) < 4.78 is 1.03. The Morgan fingerprint density at radius 1 is 1.10 bits per heavy atom. The predicted molar refractivity (Wildman–Crippen MR) is 90.0 cm³/mol. The van der Waals surface area contributed by atoms with Crippen molar-refractivity contribution in [1.29, 1.82) is 0 Å². The maximum Gasteiger partial charge on any atom is 0.147 e.